The molecule has 0 aliphatic carbocycles. The first-order valence-electron chi connectivity index (χ1n) is 2.58. The van der Waals surface area contributed by atoms with E-state index in [9.17, 15) is 4.79 Å². The van der Waals surface area contributed by atoms with Crippen molar-refractivity contribution < 1.29 is 9.90 Å². The molecule has 0 aliphatic heterocycles. The fraction of sp³-hybridized carbons (Fsp3) is 0. The van der Waals surface area contributed by atoms with E-state index < -0.39 is 5.97 Å². The van der Waals surface area contributed by atoms with Crippen molar-refractivity contribution in [1.29, 1.82) is 0 Å². The molecule has 1 N–H and O–H groups in total. The highest BCUT2D eigenvalue weighted by Crippen LogP contribution is 2.06. The van der Waals surface area contributed by atoms with Gasteiger partial charge in [-0.1, -0.05) is 0 Å². The average Bonchev–Trinajstić information content (AvgIpc) is 2.34. The number of rotatable bonds is 2. The highest BCUT2D eigenvalue weighted by molar-refractivity contribution is 7.10. The van der Waals surface area contributed by atoms with Crippen molar-refractivity contribution in [2.75, 3.05) is 0 Å². The lowest BCUT2D eigenvalue weighted by molar-refractivity contribution is -0.131. The second kappa shape index (κ2) is 3.12. The predicted octanol–water partition coefficient (Wildman–Crippen LogP) is 1.24. The number of aliphatic carboxylic acids is 1. The van der Waals surface area contributed by atoms with Gasteiger partial charge >= 0.3 is 5.97 Å². The summed E-state index contributed by atoms with van der Waals surface area (Å²) in [6.07, 6.45) is 4.22. The van der Waals surface area contributed by atoms with E-state index in [4.69, 9.17) is 5.11 Å². The molecule has 0 radical (unpaired) electrons. The Bertz CT molecular complexity index is 240. The Kier molecular flexibility index (Phi) is 2.17. The van der Waals surface area contributed by atoms with Crippen molar-refractivity contribution in [3.63, 3.8) is 0 Å². The molecule has 1 rings (SSSR count). The topological polar surface area (TPSA) is 50.2 Å². The minimum atomic E-state index is -0.937. The average molecular weight is 155 g/mol. The van der Waals surface area contributed by atoms with E-state index in [2.05, 4.69) is 4.98 Å². The van der Waals surface area contributed by atoms with E-state index in [0.717, 1.165) is 11.0 Å². The van der Waals surface area contributed by atoms with Gasteiger partial charge in [0.1, 0.15) is 0 Å². The predicted molar refractivity (Wildman–Crippen MR) is 38.8 cm³/mol. The van der Waals surface area contributed by atoms with Crippen molar-refractivity contribution in [2.45, 2.75) is 0 Å². The quantitative estimate of drug-likeness (QED) is 0.654. The molecule has 0 amide bonds. The fourth-order valence-electron chi connectivity index (χ4n) is 0.461. The standard InChI is InChI=1S/C6H5NO2S/c8-6(9)2-1-5-3-7-4-10-5/h1-4H,(H,8,9)/b2-1+. The summed E-state index contributed by atoms with van der Waals surface area (Å²) in [5, 5.41) is 8.21. The highest BCUT2D eigenvalue weighted by Gasteiger charge is 1.88. The molecule has 0 saturated carbocycles. The maximum atomic E-state index is 9.99. The van der Waals surface area contributed by atoms with Gasteiger partial charge in [0, 0.05) is 17.2 Å². The summed E-state index contributed by atoms with van der Waals surface area (Å²) in [4.78, 5) is 14.6. The van der Waals surface area contributed by atoms with Crippen molar-refractivity contribution >= 4 is 23.4 Å². The Morgan fingerprint density at radius 2 is 2.60 bits per heavy atom. The molecular weight excluding hydrogens is 150 g/mol. The third kappa shape index (κ3) is 1.99. The normalized spacial score (nSPS) is 10.4. The summed E-state index contributed by atoms with van der Waals surface area (Å²) in [5.41, 5.74) is 1.65. The van der Waals surface area contributed by atoms with Crippen LogP contribution in [0.4, 0.5) is 0 Å². The Morgan fingerprint density at radius 3 is 3.10 bits per heavy atom. The van der Waals surface area contributed by atoms with Crippen LogP contribution < -0.4 is 0 Å². The molecule has 0 aliphatic rings. The van der Waals surface area contributed by atoms with E-state index in [0.29, 0.717) is 0 Å². The lowest BCUT2D eigenvalue weighted by atomic mass is 10.4. The number of carboxylic acids is 1. The molecule has 52 valence electrons. The molecule has 10 heavy (non-hydrogen) atoms. The second-order valence-electron chi connectivity index (χ2n) is 1.58. The maximum absolute atomic E-state index is 9.99. The molecule has 0 fully saturated rings. The zero-order valence-corrected chi connectivity index (χ0v) is 5.84. The summed E-state index contributed by atoms with van der Waals surface area (Å²) < 4.78 is 0. The van der Waals surface area contributed by atoms with Crippen LogP contribution in [0.15, 0.2) is 17.8 Å². The Hall–Kier alpha value is -1.16. The minimum absolute atomic E-state index is 0.849. The zero-order valence-electron chi connectivity index (χ0n) is 5.02. The van der Waals surface area contributed by atoms with Gasteiger partial charge in [-0.25, -0.2) is 4.79 Å². The van der Waals surface area contributed by atoms with Crippen LogP contribution in [0.1, 0.15) is 4.88 Å². The molecule has 0 spiro atoms. The van der Waals surface area contributed by atoms with Crippen LogP contribution in [-0.2, 0) is 4.79 Å². The fourth-order valence-corrected chi connectivity index (χ4v) is 0.973. The van der Waals surface area contributed by atoms with E-state index >= 15 is 0 Å². The summed E-state index contributed by atoms with van der Waals surface area (Å²) in [5.74, 6) is -0.937. The van der Waals surface area contributed by atoms with Gasteiger partial charge in [-0.3, -0.25) is 4.98 Å². The van der Waals surface area contributed by atoms with E-state index in [-0.39, 0.29) is 0 Å². The molecule has 1 heterocycles. The Balaban J connectivity index is 2.64. The van der Waals surface area contributed by atoms with Gasteiger partial charge in [0.15, 0.2) is 0 Å². The minimum Gasteiger partial charge on any atom is -0.478 e. The first kappa shape index (κ1) is 6.95. The molecule has 0 saturated heterocycles. The van der Waals surface area contributed by atoms with Gasteiger partial charge in [0.25, 0.3) is 0 Å². The van der Waals surface area contributed by atoms with Crippen LogP contribution in [0.25, 0.3) is 6.08 Å². The molecular formula is C6H5NO2S. The van der Waals surface area contributed by atoms with Crippen LogP contribution in [0, 0.1) is 0 Å². The number of thiazole rings is 1. The van der Waals surface area contributed by atoms with Crippen molar-refractivity contribution in [1.82, 2.24) is 4.98 Å². The Labute approximate surface area is 61.7 Å². The summed E-state index contributed by atoms with van der Waals surface area (Å²) in [7, 11) is 0. The van der Waals surface area contributed by atoms with E-state index in [1.54, 1.807) is 11.7 Å². The molecule has 0 unspecified atom stereocenters. The molecule has 0 bridgehead atoms. The first-order chi connectivity index (χ1) is 4.79. The van der Waals surface area contributed by atoms with E-state index in [1.165, 1.54) is 17.4 Å². The van der Waals surface area contributed by atoms with Crippen molar-refractivity contribution in [2.24, 2.45) is 0 Å². The summed E-state index contributed by atoms with van der Waals surface area (Å²) in [6.45, 7) is 0. The first-order valence-corrected chi connectivity index (χ1v) is 3.46. The van der Waals surface area contributed by atoms with Crippen LogP contribution >= 0.6 is 11.3 Å². The molecule has 3 nitrogen and oxygen atoms in total. The molecule has 1 aromatic rings. The van der Waals surface area contributed by atoms with Gasteiger partial charge in [-0.2, -0.15) is 0 Å². The van der Waals surface area contributed by atoms with Crippen LogP contribution in [0.5, 0.6) is 0 Å². The number of aromatic nitrogens is 1. The molecule has 0 atom stereocenters. The summed E-state index contributed by atoms with van der Waals surface area (Å²) >= 11 is 1.40. The Morgan fingerprint density at radius 1 is 1.80 bits per heavy atom. The van der Waals surface area contributed by atoms with Gasteiger partial charge in [0.2, 0.25) is 0 Å². The third-order valence-corrected chi connectivity index (χ3v) is 1.58. The van der Waals surface area contributed by atoms with Crippen LogP contribution in [0.2, 0.25) is 0 Å². The third-order valence-electron chi connectivity index (χ3n) is 0.842. The van der Waals surface area contributed by atoms with Crippen molar-refractivity contribution in [3.05, 3.63) is 22.7 Å². The number of nitrogens with zero attached hydrogens (tertiary/aromatic N) is 1. The van der Waals surface area contributed by atoms with Gasteiger partial charge < -0.3 is 5.11 Å². The molecule has 1 aromatic heterocycles. The number of hydrogen-bond acceptors (Lipinski definition) is 3. The highest BCUT2D eigenvalue weighted by atomic mass is 32.1. The molecule has 0 aromatic carbocycles. The number of carbonyl (C=O) groups is 1. The van der Waals surface area contributed by atoms with Gasteiger partial charge in [-0.15, -0.1) is 11.3 Å². The summed E-state index contributed by atoms with van der Waals surface area (Å²) in [6, 6.07) is 0. The maximum Gasteiger partial charge on any atom is 0.328 e. The molecule has 4 heteroatoms. The zero-order chi connectivity index (χ0) is 7.40. The SMILES string of the molecule is O=C(O)/C=C/c1cncs1. The van der Waals surface area contributed by atoms with Gasteiger partial charge in [-0.05, 0) is 6.08 Å². The number of hydrogen-bond donors (Lipinski definition) is 1. The second-order valence-corrected chi connectivity index (χ2v) is 2.49. The number of carboxylic acid groups (broad SMARTS) is 1. The van der Waals surface area contributed by atoms with Crippen LogP contribution in [0.3, 0.4) is 0 Å². The lowest BCUT2D eigenvalue weighted by Crippen LogP contribution is -1.84. The van der Waals surface area contributed by atoms with Gasteiger partial charge in [0.05, 0.1) is 5.51 Å². The van der Waals surface area contributed by atoms with Crippen molar-refractivity contribution in [3.8, 4) is 0 Å². The largest absolute Gasteiger partial charge is 0.478 e. The smallest absolute Gasteiger partial charge is 0.328 e. The monoisotopic (exact) mass is 155 g/mol. The van der Waals surface area contributed by atoms with E-state index in [1.807, 2.05) is 0 Å². The lowest BCUT2D eigenvalue weighted by Gasteiger charge is -1.77. The van der Waals surface area contributed by atoms with Crippen LogP contribution in [-0.4, -0.2) is 16.1 Å².